The van der Waals surface area contributed by atoms with E-state index in [2.05, 4.69) is 10.6 Å². The van der Waals surface area contributed by atoms with E-state index in [9.17, 15) is 14.4 Å². The van der Waals surface area contributed by atoms with Crippen LogP contribution in [0.5, 0.6) is 0 Å². The predicted molar refractivity (Wildman–Crippen MR) is 157 cm³/mol. The van der Waals surface area contributed by atoms with Crippen molar-refractivity contribution < 1.29 is 19.1 Å². The third-order valence-corrected chi connectivity index (χ3v) is 6.65. The van der Waals surface area contributed by atoms with Gasteiger partial charge in [0.15, 0.2) is 0 Å². The number of carbonyl (C=O) groups excluding carboxylic acids is 3. The summed E-state index contributed by atoms with van der Waals surface area (Å²) in [5.41, 5.74) is 9.12. The van der Waals surface area contributed by atoms with Gasteiger partial charge in [0.2, 0.25) is 11.8 Å². The molecule has 3 aromatic carbocycles. The number of rotatable bonds is 15. The van der Waals surface area contributed by atoms with Gasteiger partial charge in [-0.25, -0.2) is 4.79 Å². The molecule has 0 fully saturated rings. The van der Waals surface area contributed by atoms with Gasteiger partial charge in [0, 0.05) is 6.42 Å². The van der Waals surface area contributed by atoms with Gasteiger partial charge in [-0.3, -0.25) is 9.59 Å². The first-order valence-corrected chi connectivity index (χ1v) is 14.0. The molecule has 0 heterocycles. The zero-order valence-electron chi connectivity index (χ0n) is 23.4. The second-order valence-electron chi connectivity index (χ2n) is 10.5. The van der Waals surface area contributed by atoms with Crippen LogP contribution in [0, 0.1) is 5.92 Å². The van der Waals surface area contributed by atoms with Crippen molar-refractivity contribution in [2.24, 2.45) is 11.7 Å². The fraction of sp³-hybridized carbons (Fsp3) is 0.364. The molecular formula is C33H41N3O4. The Balaban J connectivity index is 1.57. The molecule has 7 heteroatoms. The first-order chi connectivity index (χ1) is 19.3. The molecule has 3 aromatic rings. The first kappa shape index (κ1) is 30.6. The van der Waals surface area contributed by atoms with Crippen LogP contribution in [0.4, 0.5) is 0 Å². The minimum absolute atomic E-state index is 0.125. The quantitative estimate of drug-likeness (QED) is 0.237. The van der Waals surface area contributed by atoms with E-state index in [1.54, 1.807) is 0 Å². The Hall–Kier alpha value is -3.97. The Morgan fingerprint density at radius 3 is 1.95 bits per heavy atom. The largest absolute Gasteiger partial charge is 0.459 e. The summed E-state index contributed by atoms with van der Waals surface area (Å²) >= 11 is 0. The summed E-state index contributed by atoms with van der Waals surface area (Å²) in [6.07, 6.45) is 2.17. The fourth-order valence-electron chi connectivity index (χ4n) is 4.44. The number of ether oxygens (including phenoxy) is 1. The smallest absolute Gasteiger partial charge is 0.328 e. The van der Waals surface area contributed by atoms with E-state index >= 15 is 0 Å². The van der Waals surface area contributed by atoms with E-state index < -0.39 is 24.1 Å². The summed E-state index contributed by atoms with van der Waals surface area (Å²) in [4.78, 5) is 38.8. The fourth-order valence-corrected chi connectivity index (χ4v) is 4.44. The molecular weight excluding hydrogens is 502 g/mol. The van der Waals surface area contributed by atoms with Crippen molar-refractivity contribution >= 4 is 17.8 Å². The molecule has 3 rings (SSSR count). The molecule has 0 spiro atoms. The SMILES string of the molecule is CC(C)C[C@H](NC(=O)CCC(NC(=O)[C@@H](N)CCc1ccccc1)c1ccccc1)C(=O)OCc1ccccc1. The molecule has 0 aliphatic carbocycles. The van der Waals surface area contributed by atoms with Crippen LogP contribution in [-0.2, 0) is 32.1 Å². The van der Waals surface area contributed by atoms with Crippen LogP contribution in [0.3, 0.4) is 0 Å². The molecule has 0 aliphatic heterocycles. The summed E-state index contributed by atoms with van der Waals surface area (Å²) in [7, 11) is 0. The van der Waals surface area contributed by atoms with E-state index in [1.807, 2.05) is 105 Å². The van der Waals surface area contributed by atoms with Gasteiger partial charge in [0.05, 0.1) is 12.1 Å². The lowest BCUT2D eigenvalue weighted by atomic mass is 9.99. The lowest BCUT2D eigenvalue weighted by Crippen LogP contribution is -2.44. The highest BCUT2D eigenvalue weighted by Crippen LogP contribution is 2.19. The summed E-state index contributed by atoms with van der Waals surface area (Å²) < 4.78 is 5.50. The lowest BCUT2D eigenvalue weighted by Gasteiger charge is -2.23. The molecule has 0 aliphatic rings. The topological polar surface area (TPSA) is 111 Å². The van der Waals surface area contributed by atoms with E-state index in [4.69, 9.17) is 10.5 Å². The van der Waals surface area contributed by atoms with Crippen LogP contribution < -0.4 is 16.4 Å². The van der Waals surface area contributed by atoms with Gasteiger partial charge in [-0.05, 0) is 48.3 Å². The van der Waals surface area contributed by atoms with E-state index in [1.165, 1.54) is 0 Å². The first-order valence-electron chi connectivity index (χ1n) is 14.0. The average molecular weight is 544 g/mol. The van der Waals surface area contributed by atoms with Gasteiger partial charge in [0.25, 0.3) is 0 Å². The van der Waals surface area contributed by atoms with Gasteiger partial charge in [-0.2, -0.15) is 0 Å². The standard InChI is InChI=1S/C33H41N3O4/c1-24(2)22-30(33(39)40-23-26-14-8-4-9-15-26)35-31(37)21-20-29(27-16-10-5-11-17-27)36-32(38)28(34)19-18-25-12-6-3-7-13-25/h3-17,24,28-30H,18-23,34H2,1-2H3,(H,35,37)(H,36,38)/t28-,29?,30-/m0/s1. The normalized spacial score (nSPS) is 13.2. The average Bonchev–Trinajstić information content (AvgIpc) is 2.97. The number of carbonyl (C=O) groups is 3. The van der Waals surface area contributed by atoms with Crippen molar-refractivity contribution in [3.8, 4) is 0 Å². The van der Waals surface area contributed by atoms with E-state index in [0.717, 1.165) is 16.7 Å². The number of nitrogens with one attached hydrogen (secondary N) is 2. The van der Waals surface area contributed by atoms with Crippen molar-refractivity contribution in [2.45, 2.75) is 70.7 Å². The van der Waals surface area contributed by atoms with Crippen LogP contribution in [0.2, 0.25) is 0 Å². The second kappa shape index (κ2) is 16.2. The van der Waals surface area contributed by atoms with Crippen molar-refractivity contribution in [2.75, 3.05) is 0 Å². The third-order valence-electron chi connectivity index (χ3n) is 6.65. The van der Waals surface area contributed by atoms with E-state index in [0.29, 0.717) is 25.7 Å². The van der Waals surface area contributed by atoms with Crippen LogP contribution in [-0.4, -0.2) is 29.9 Å². The molecule has 212 valence electrons. The summed E-state index contributed by atoms with van der Waals surface area (Å²) in [5.74, 6) is -0.801. The number of benzene rings is 3. The van der Waals surface area contributed by atoms with Crippen LogP contribution >= 0.6 is 0 Å². The van der Waals surface area contributed by atoms with Crippen LogP contribution in [0.25, 0.3) is 0 Å². The maximum absolute atomic E-state index is 13.0. The predicted octanol–water partition coefficient (Wildman–Crippen LogP) is 4.86. The summed E-state index contributed by atoms with van der Waals surface area (Å²) in [6.45, 7) is 4.13. The minimum atomic E-state index is -0.743. The number of aryl methyl sites for hydroxylation is 1. The van der Waals surface area contributed by atoms with Crippen molar-refractivity contribution in [1.82, 2.24) is 10.6 Å². The number of esters is 1. The molecule has 40 heavy (non-hydrogen) atoms. The third kappa shape index (κ3) is 10.7. The van der Waals surface area contributed by atoms with Gasteiger partial charge >= 0.3 is 5.97 Å². The monoisotopic (exact) mass is 543 g/mol. The highest BCUT2D eigenvalue weighted by Gasteiger charge is 2.25. The Kier molecular flexibility index (Phi) is 12.4. The van der Waals surface area contributed by atoms with Gasteiger partial charge < -0.3 is 21.1 Å². The zero-order valence-corrected chi connectivity index (χ0v) is 23.4. The number of nitrogens with two attached hydrogens (primary N) is 1. The Bertz CT molecular complexity index is 1190. The van der Waals surface area contributed by atoms with Gasteiger partial charge in [0.1, 0.15) is 12.6 Å². The Morgan fingerprint density at radius 1 is 0.775 bits per heavy atom. The molecule has 3 atom stereocenters. The highest BCUT2D eigenvalue weighted by atomic mass is 16.5. The highest BCUT2D eigenvalue weighted by molar-refractivity contribution is 5.85. The zero-order chi connectivity index (χ0) is 28.7. The lowest BCUT2D eigenvalue weighted by molar-refractivity contribution is -0.149. The van der Waals surface area contributed by atoms with Crippen molar-refractivity contribution in [3.05, 3.63) is 108 Å². The number of amides is 2. The number of hydrogen-bond donors (Lipinski definition) is 3. The molecule has 0 aromatic heterocycles. The maximum atomic E-state index is 13.0. The van der Waals surface area contributed by atoms with Crippen molar-refractivity contribution in [1.29, 1.82) is 0 Å². The summed E-state index contributed by atoms with van der Waals surface area (Å²) in [5, 5.41) is 5.89. The molecule has 1 unspecified atom stereocenters. The maximum Gasteiger partial charge on any atom is 0.328 e. The molecule has 0 bridgehead atoms. The Labute approximate surface area is 237 Å². The van der Waals surface area contributed by atoms with Gasteiger partial charge in [-0.15, -0.1) is 0 Å². The van der Waals surface area contributed by atoms with Crippen LogP contribution in [0.15, 0.2) is 91.0 Å². The van der Waals surface area contributed by atoms with Crippen molar-refractivity contribution in [3.63, 3.8) is 0 Å². The summed E-state index contributed by atoms with van der Waals surface area (Å²) in [6, 6.07) is 27.1. The molecule has 0 saturated carbocycles. The molecule has 0 saturated heterocycles. The molecule has 7 nitrogen and oxygen atoms in total. The minimum Gasteiger partial charge on any atom is -0.459 e. The number of hydrogen-bond acceptors (Lipinski definition) is 5. The molecule has 2 amide bonds. The second-order valence-corrected chi connectivity index (χ2v) is 10.5. The van der Waals surface area contributed by atoms with Gasteiger partial charge in [-0.1, -0.05) is 105 Å². The molecule has 4 N–H and O–H groups in total. The molecule has 0 radical (unpaired) electrons. The Morgan fingerprint density at radius 2 is 1.35 bits per heavy atom. The van der Waals surface area contributed by atoms with E-state index in [-0.39, 0.29) is 30.8 Å². The van der Waals surface area contributed by atoms with Crippen LogP contribution in [0.1, 0.15) is 62.3 Å².